The molecule has 0 aliphatic rings. The van der Waals surface area contributed by atoms with Crippen molar-refractivity contribution in [3.63, 3.8) is 0 Å². The number of hydrogen-bond acceptors (Lipinski definition) is 5. The lowest BCUT2D eigenvalue weighted by atomic mass is 10.2. The second-order valence-electron chi connectivity index (χ2n) is 6.77. The minimum Gasteiger partial charge on any atom is -0.494 e. The van der Waals surface area contributed by atoms with E-state index in [0.717, 1.165) is 4.31 Å². The molecule has 0 aliphatic carbocycles. The molecule has 1 N–H and O–H groups in total. The summed E-state index contributed by atoms with van der Waals surface area (Å²) < 4.78 is 51.8. The van der Waals surface area contributed by atoms with E-state index >= 15 is 0 Å². The Morgan fingerprint density at radius 2 is 1.90 bits per heavy atom. The molecule has 1 heterocycles. The summed E-state index contributed by atoms with van der Waals surface area (Å²) in [6.07, 6.45) is 1.42. The second kappa shape index (κ2) is 9.76. The molecule has 0 aliphatic heterocycles. The number of aryl methyl sites for hydroxylation is 1. The van der Waals surface area contributed by atoms with Gasteiger partial charge in [0.25, 0.3) is 0 Å². The van der Waals surface area contributed by atoms with Gasteiger partial charge in [-0.25, -0.2) is 12.8 Å². The predicted molar refractivity (Wildman–Crippen MR) is 114 cm³/mol. The predicted octanol–water partition coefficient (Wildman–Crippen LogP) is 3.96. The fourth-order valence-corrected chi connectivity index (χ4v) is 4.22. The number of carbonyl (C=O) groups excluding carboxylic acids is 1. The van der Waals surface area contributed by atoms with Gasteiger partial charge in [-0.2, -0.15) is 4.31 Å². The van der Waals surface area contributed by atoms with Gasteiger partial charge < -0.3 is 14.5 Å². The topological polar surface area (TPSA) is 88.9 Å². The van der Waals surface area contributed by atoms with Crippen LogP contribution < -0.4 is 10.1 Å². The molecule has 0 spiro atoms. The van der Waals surface area contributed by atoms with E-state index in [1.165, 1.54) is 30.5 Å². The van der Waals surface area contributed by atoms with Gasteiger partial charge in [0.15, 0.2) is 0 Å². The van der Waals surface area contributed by atoms with E-state index in [-0.39, 0.29) is 17.1 Å². The van der Waals surface area contributed by atoms with Crippen LogP contribution in [0.1, 0.15) is 18.2 Å². The molecule has 2 aromatic carbocycles. The first kappa shape index (κ1) is 22.5. The summed E-state index contributed by atoms with van der Waals surface area (Å²) in [5, 5.41) is 2.53. The van der Waals surface area contributed by atoms with Crippen LogP contribution in [-0.2, 0) is 21.4 Å². The number of halogens is 1. The first-order valence-corrected chi connectivity index (χ1v) is 11.0. The maximum Gasteiger partial charge on any atom is 0.243 e. The normalized spacial score (nSPS) is 11.5. The number of anilines is 1. The quantitative estimate of drug-likeness (QED) is 0.538. The van der Waals surface area contributed by atoms with Gasteiger partial charge in [0.2, 0.25) is 15.9 Å². The van der Waals surface area contributed by atoms with Gasteiger partial charge in [-0.3, -0.25) is 4.79 Å². The Kier molecular flexibility index (Phi) is 7.09. The number of benzene rings is 2. The first-order chi connectivity index (χ1) is 14.8. The number of furan rings is 1. The summed E-state index contributed by atoms with van der Waals surface area (Å²) in [6, 6.07) is 13.5. The first-order valence-electron chi connectivity index (χ1n) is 9.61. The molecule has 3 aromatic rings. The molecule has 0 atom stereocenters. The summed E-state index contributed by atoms with van der Waals surface area (Å²) in [7, 11) is -4.03. The van der Waals surface area contributed by atoms with Gasteiger partial charge in [0.1, 0.15) is 17.3 Å². The highest BCUT2D eigenvalue weighted by Gasteiger charge is 2.28. The fraction of sp³-hybridized carbons (Fsp3) is 0.227. The van der Waals surface area contributed by atoms with E-state index in [9.17, 15) is 17.6 Å². The van der Waals surface area contributed by atoms with E-state index in [4.69, 9.17) is 9.15 Å². The third kappa shape index (κ3) is 5.71. The molecular formula is C22H23FN2O5S. The Morgan fingerprint density at radius 1 is 1.16 bits per heavy atom. The van der Waals surface area contributed by atoms with Crippen molar-refractivity contribution in [2.45, 2.75) is 25.3 Å². The smallest absolute Gasteiger partial charge is 0.243 e. The van der Waals surface area contributed by atoms with E-state index in [1.54, 1.807) is 37.3 Å². The highest BCUT2D eigenvalue weighted by molar-refractivity contribution is 7.89. The van der Waals surface area contributed by atoms with Gasteiger partial charge in [0, 0.05) is 5.69 Å². The molecule has 0 radical (unpaired) electrons. The Bertz CT molecular complexity index is 1130. The molecule has 164 valence electrons. The average Bonchev–Trinajstić information content (AvgIpc) is 3.24. The van der Waals surface area contributed by atoms with E-state index in [1.807, 2.05) is 6.92 Å². The summed E-state index contributed by atoms with van der Waals surface area (Å²) in [5.41, 5.74) is 0.681. The molecule has 7 nitrogen and oxygen atoms in total. The number of rotatable bonds is 9. The Balaban J connectivity index is 1.82. The van der Waals surface area contributed by atoms with Crippen LogP contribution in [-0.4, -0.2) is 31.8 Å². The number of carbonyl (C=O) groups is 1. The van der Waals surface area contributed by atoms with Crippen LogP contribution in [0.15, 0.2) is 70.2 Å². The minimum atomic E-state index is -4.03. The lowest BCUT2D eigenvalue weighted by Gasteiger charge is -2.21. The number of nitrogens with one attached hydrogen (secondary N) is 1. The number of nitrogens with zero attached hydrogens (tertiary/aromatic N) is 1. The van der Waals surface area contributed by atoms with Crippen molar-refractivity contribution < 1.29 is 26.8 Å². The Labute approximate surface area is 180 Å². The van der Waals surface area contributed by atoms with E-state index in [0.29, 0.717) is 23.7 Å². The zero-order chi connectivity index (χ0) is 22.4. The number of ether oxygens (including phenoxy) is 1. The van der Waals surface area contributed by atoms with Crippen molar-refractivity contribution >= 4 is 21.6 Å². The van der Waals surface area contributed by atoms with Crippen molar-refractivity contribution in [3.8, 4) is 5.75 Å². The van der Waals surface area contributed by atoms with Gasteiger partial charge in [0.05, 0.1) is 30.9 Å². The molecule has 0 saturated heterocycles. The third-order valence-corrected chi connectivity index (χ3v) is 6.27. The molecule has 0 fully saturated rings. The lowest BCUT2D eigenvalue weighted by molar-refractivity contribution is -0.116. The van der Waals surface area contributed by atoms with Crippen LogP contribution in [0.25, 0.3) is 0 Å². The molecule has 1 amide bonds. The maximum atomic E-state index is 13.8. The third-order valence-electron chi connectivity index (χ3n) is 4.46. The van der Waals surface area contributed by atoms with E-state index < -0.39 is 28.3 Å². The Hall–Kier alpha value is -3.17. The molecule has 9 heteroatoms. The van der Waals surface area contributed by atoms with Crippen LogP contribution in [0.2, 0.25) is 0 Å². The lowest BCUT2D eigenvalue weighted by Crippen LogP contribution is -2.37. The van der Waals surface area contributed by atoms with Crippen molar-refractivity contribution in [1.82, 2.24) is 4.31 Å². The SMILES string of the molecule is CCOc1ccc(S(=O)(=O)N(CC(=O)Nc2ccc(C)c(F)c2)Cc2ccco2)cc1. The second-order valence-corrected chi connectivity index (χ2v) is 8.71. The Morgan fingerprint density at radius 3 is 2.52 bits per heavy atom. The maximum absolute atomic E-state index is 13.8. The summed E-state index contributed by atoms with van der Waals surface area (Å²) in [4.78, 5) is 12.6. The molecule has 0 unspecified atom stereocenters. The number of amides is 1. The van der Waals surface area contributed by atoms with Crippen molar-refractivity contribution in [2.75, 3.05) is 18.5 Å². The number of hydrogen-bond donors (Lipinski definition) is 1. The minimum absolute atomic E-state index is 0.0108. The zero-order valence-electron chi connectivity index (χ0n) is 17.2. The van der Waals surface area contributed by atoms with Crippen LogP contribution >= 0.6 is 0 Å². The van der Waals surface area contributed by atoms with Gasteiger partial charge >= 0.3 is 0 Å². The van der Waals surface area contributed by atoms with E-state index in [2.05, 4.69) is 5.32 Å². The molecule has 1 aromatic heterocycles. The molecule has 0 bridgehead atoms. The van der Waals surface area contributed by atoms with Crippen LogP contribution in [0.5, 0.6) is 5.75 Å². The highest BCUT2D eigenvalue weighted by atomic mass is 32.2. The summed E-state index contributed by atoms with van der Waals surface area (Å²) in [6.45, 7) is 3.27. The monoisotopic (exact) mass is 446 g/mol. The average molecular weight is 447 g/mol. The van der Waals surface area contributed by atoms with Crippen molar-refractivity contribution in [2.24, 2.45) is 0 Å². The van der Waals surface area contributed by atoms with Gasteiger partial charge in [-0.05, 0) is 67.9 Å². The van der Waals surface area contributed by atoms with Crippen molar-refractivity contribution in [1.29, 1.82) is 0 Å². The fourth-order valence-electron chi connectivity index (χ4n) is 2.86. The van der Waals surface area contributed by atoms with Crippen LogP contribution in [0, 0.1) is 12.7 Å². The summed E-state index contributed by atoms with van der Waals surface area (Å²) >= 11 is 0. The molecule has 0 saturated carbocycles. The van der Waals surface area contributed by atoms with Crippen molar-refractivity contribution in [3.05, 3.63) is 78.0 Å². The molecule has 3 rings (SSSR count). The standard InChI is InChI=1S/C22H23FN2O5S/c1-3-29-18-8-10-20(11-9-18)31(27,28)25(14-19-5-4-12-30-19)15-22(26)24-17-7-6-16(2)21(23)13-17/h4-13H,3,14-15H2,1-2H3,(H,24,26). The highest BCUT2D eigenvalue weighted by Crippen LogP contribution is 2.22. The molecular weight excluding hydrogens is 423 g/mol. The zero-order valence-corrected chi connectivity index (χ0v) is 18.0. The van der Waals surface area contributed by atoms with Gasteiger partial charge in [-0.15, -0.1) is 0 Å². The number of sulfonamides is 1. The summed E-state index contributed by atoms with van der Waals surface area (Å²) in [5.74, 6) is -0.154. The van der Waals surface area contributed by atoms with Gasteiger partial charge in [-0.1, -0.05) is 6.07 Å². The van der Waals surface area contributed by atoms with Crippen LogP contribution in [0.4, 0.5) is 10.1 Å². The molecule has 31 heavy (non-hydrogen) atoms. The largest absolute Gasteiger partial charge is 0.494 e. The van der Waals surface area contributed by atoms with Crippen LogP contribution in [0.3, 0.4) is 0 Å².